The van der Waals surface area contributed by atoms with Crippen LogP contribution in [0.2, 0.25) is 5.02 Å². The average molecular weight is 276 g/mol. The first-order valence-electron chi connectivity index (χ1n) is 4.80. The Bertz CT molecular complexity index is 321. The number of benzene rings is 1. The van der Waals surface area contributed by atoms with Crippen molar-refractivity contribution < 1.29 is 4.74 Å². The van der Waals surface area contributed by atoms with Gasteiger partial charge in [-0.1, -0.05) is 27.5 Å². The van der Waals surface area contributed by atoms with Crippen LogP contribution in [-0.2, 0) is 4.74 Å². The molecule has 1 fully saturated rings. The van der Waals surface area contributed by atoms with Crippen LogP contribution in [0.3, 0.4) is 0 Å². The van der Waals surface area contributed by atoms with Gasteiger partial charge in [0.05, 0.1) is 0 Å². The average Bonchev–Trinajstić information content (AvgIpc) is 2.23. The fourth-order valence-electron chi connectivity index (χ4n) is 1.84. The SMILES string of the molecule is Clc1ccc(Br)cc1C1CCOCC1. The highest BCUT2D eigenvalue weighted by Gasteiger charge is 2.18. The Morgan fingerprint density at radius 2 is 2.00 bits per heavy atom. The van der Waals surface area contributed by atoms with E-state index in [0.29, 0.717) is 5.92 Å². The van der Waals surface area contributed by atoms with Gasteiger partial charge in [-0.2, -0.15) is 0 Å². The van der Waals surface area contributed by atoms with Gasteiger partial charge in [0.2, 0.25) is 0 Å². The van der Waals surface area contributed by atoms with E-state index in [1.54, 1.807) is 0 Å². The summed E-state index contributed by atoms with van der Waals surface area (Å²) in [5.74, 6) is 0.564. The molecule has 0 saturated carbocycles. The second-order valence-corrected chi connectivity index (χ2v) is 4.88. The smallest absolute Gasteiger partial charge is 0.0471 e. The standard InChI is InChI=1S/C11H12BrClO/c12-9-1-2-11(13)10(7-9)8-3-5-14-6-4-8/h1-2,7-8H,3-6H2. The maximum atomic E-state index is 6.17. The molecule has 1 nitrogen and oxygen atoms in total. The van der Waals surface area contributed by atoms with Gasteiger partial charge in [0, 0.05) is 22.7 Å². The van der Waals surface area contributed by atoms with E-state index in [9.17, 15) is 0 Å². The third-order valence-electron chi connectivity index (χ3n) is 2.62. The zero-order chi connectivity index (χ0) is 9.97. The van der Waals surface area contributed by atoms with E-state index in [2.05, 4.69) is 22.0 Å². The van der Waals surface area contributed by atoms with E-state index in [0.717, 1.165) is 35.6 Å². The molecule has 0 N–H and O–H groups in total. The second kappa shape index (κ2) is 4.65. The van der Waals surface area contributed by atoms with Crippen molar-refractivity contribution in [3.05, 3.63) is 33.3 Å². The molecule has 1 aliphatic heterocycles. The van der Waals surface area contributed by atoms with Gasteiger partial charge >= 0.3 is 0 Å². The molecule has 3 heteroatoms. The first-order valence-corrected chi connectivity index (χ1v) is 5.97. The monoisotopic (exact) mass is 274 g/mol. The summed E-state index contributed by atoms with van der Waals surface area (Å²) in [6.45, 7) is 1.71. The van der Waals surface area contributed by atoms with E-state index in [1.807, 2.05) is 12.1 Å². The molecule has 2 rings (SSSR count). The molecule has 76 valence electrons. The molecular weight excluding hydrogens is 263 g/mol. The van der Waals surface area contributed by atoms with E-state index in [-0.39, 0.29) is 0 Å². The third-order valence-corrected chi connectivity index (χ3v) is 3.46. The lowest BCUT2D eigenvalue weighted by Gasteiger charge is -2.23. The van der Waals surface area contributed by atoms with Crippen LogP contribution in [-0.4, -0.2) is 13.2 Å². The molecular formula is C11H12BrClO. The number of hydrogen-bond acceptors (Lipinski definition) is 1. The first-order chi connectivity index (χ1) is 6.77. The van der Waals surface area contributed by atoms with E-state index < -0.39 is 0 Å². The molecule has 0 spiro atoms. The zero-order valence-electron chi connectivity index (χ0n) is 7.80. The highest BCUT2D eigenvalue weighted by atomic mass is 79.9. The van der Waals surface area contributed by atoms with Gasteiger partial charge in [-0.3, -0.25) is 0 Å². The molecule has 1 aliphatic rings. The molecule has 0 unspecified atom stereocenters. The van der Waals surface area contributed by atoms with Crippen molar-refractivity contribution in [3.63, 3.8) is 0 Å². The van der Waals surface area contributed by atoms with Crippen molar-refractivity contribution in [1.29, 1.82) is 0 Å². The normalized spacial score (nSPS) is 18.4. The van der Waals surface area contributed by atoms with Crippen LogP contribution < -0.4 is 0 Å². The minimum Gasteiger partial charge on any atom is -0.381 e. The Morgan fingerprint density at radius 1 is 1.29 bits per heavy atom. The molecule has 1 aromatic carbocycles. The van der Waals surface area contributed by atoms with Crippen LogP contribution in [0.1, 0.15) is 24.3 Å². The van der Waals surface area contributed by atoms with Crippen molar-refractivity contribution in [3.8, 4) is 0 Å². The Hall–Kier alpha value is -0.0500. The van der Waals surface area contributed by atoms with Crippen LogP contribution in [0.4, 0.5) is 0 Å². The largest absolute Gasteiger partial charge is 0.381 e. The molecule has 14 heavy (non-hydrogen) atoms. The minimum absolute atomic E-state index is 0.564. The van der Waals surface area contributed by atoms with Crippen molar-refractivity contribution >= 4 is 27.5 Å². The maximum Gasteiger partial charge on any atom is 0.0471 e. The lowest BCUT2D eigenvalue weighted by Crippen LogP contribution is -2.14. The molecule has 0 bridgehead atoms. The number of halogens is 2. The molecule has 1 heterocycles. The Kier molecular flexibility index (Phi) is 3.47. The number of ether oxygens (including phenoxy) is 1. The van der Waals surface area contributed by atoms with Crippen LogP contribution in [0, 0.1) is 0 Å². The molecule has 1 aromatic rings. The molecule has 0 radical (unpaired) electrons. The summed E-state index contributed by atoms with van der Waals surface area (Å²) in [6.07, 6.45) is 2.16. The van der Waals surface area contributed by atoms with Crippen LogP contribution in [0.15, 0.2) is 22.7 Å². The van der Waals surface area contributed by atoms with Crippen molar-refractivity contribution in [2.24, 2.45) is 0 Å². The van der Waals surface area contributed by atoms with Gasteiger partial charge in [-0.15, -0.1) is 0 Å². The minimum atomic E-state index is 0.564. The van der Waals surface area contributed by atoms with Crippen LogP contribution in [0.5, 0.6) is 0 Å². The summed E-state index contributed by atoms with van der Waals surface area (Å²) in [5.41, 5.74) is 1.25. The predicted octanol–water partition coefficient (Wildman–Crippen LogP) is 4.00. The number of hydrogen-bond donors (Lipinski definition) is 0. The summed E-state index contributed by atoms with van der Waals surface area (Å²) in [6, 6.07) is 6.06. The van der Waals surface area contributed by atoms with E-state index in [1.165, 1.54) is 5.56 Å². The third kappa shape index (κ3) is 2.30. The van der Waals surface area contributed by atoms with E-state index in [4.69, 9.17) is 16.3 Å². The summed E-state index contributed by atoms with van der Waals surface area (Å²) < 4.78 is 6.44. The quantitative estimate of drug-likeness (QED) is 0.753. The summed E-state index contributed by atoms with van der Waals surface area (Å²) >= 11 is 9.64. The van der Waals surface area contributed by atoms with Gasteiger partial charge in [0.25, 0.3) is 0 Å². The van der Waals surface area contributed by atoms with Gasteiger partial charge in [0.1, 0.15) is 0 Å². The Labute approximate surface area is 97.5 Å². The Morgan fingerprint density at radius 3 is 2.71 bits per heavy atom. The lowest BCUT2D eigenvalue weighted by atomic mass is 9.92. The highest BCUT2D eigenvalue weighted by molar-refractivity contribution is 9.10. The van der Waals surface area contributed by atoms with Crippen LogP contribution >= 0.6 is 27.5 Å². The number of rotatable bonds is 1. The first kappa shape index (κ1) is 10.5. The lowest BCUT2D eigenvalue weighted by molar-refractivity contribution is 0.0853. The van der Waals surface area contributed by atoms with Crippen LogP contribution in [0.25, 0.3) is 0 Å². The van der Waals surface area contributed by atoms with Crippen molar-refractivity contribution in [1.82, 2.24) is 0 Å². The van der Waals surface area contributed by atoms with Gasteiger partial charge in [-0.05, 0) is 42.5 Å². The highest BCUT2D eigenvalue weighted by Crippen LogP contribution is 2.33. The van der Waals surface area contributed by atoms with E-state index >= 15 is 0 Å². The topological polar surface area (TPSA) is 9.23 Å². The molecule has 0 aromatic heterocycles. The Balaban J connectivity index is 2.24. The molecule has 0 atom stereocenters. The fraction of sp³-hybridized carbons (Fsp3) is 0.455. The van der Waals surface area contributed by atoms with Crippen molar-refractivity contribution in [2.75, 3.05) is 13.2 Å². The molecule has 0 amide bonds. The second-order valence-electron chi connectivity index (χ2n) is 3.55. The molecule has 1 saturated heterocycles. The summed E-state index contributed by atoms with van der Waals surface area (Å²) in [5, 5.41) is 0.875. The maximum absolute atomic E-state index is 6.17. The van der Waals surface area contributed by atoms with Crippen molar-refractivity contribution in [2.45, 2.75) is 18.8 Å². The predicted molar refractivity (Wildman–Crippen MR) is 61.9 cm³/mol. The van der Waals surface area contributed by atoms with Gasteiger partial charge in [0.15, 0.2) is 0 Å². The van der Waals surface area contributed by atoms with Gasteiger partial charge in [-0.25, -0.2) is 0 Å². The zero-order valence-corrected chi connectivity index (χ0v) is 10.1. The summed E-state index contributed by atoms with van der Waals surface area (Å²) in [7, 11) is 0. The van der Waals surface area contributed by atoms with Gasteiger partial charge < -0.3 is 4.74 Å². The fourth-order valence-corrected chi connectivity index (χ4v) is 2.49. The summed E-state index contributed by atoms with van der Waals surface area (Å²) in [4.78, 5) is 0. The molecule has 0 aliphatic carbocycles.